The molecule has 3 heteroatoms. The van der Waals surface area contributed by atoms with E-state index in [1.54, 1.807) is 11.3 Å². The van der Waals surface area contributed by atoms with Gasteiger partial charge < -0.3 is 5.11 Å². The molecule has 2 nitrogen and oxygen atoms in total. The summed E-state index contributed by atoms with van der Waals surface area (Å²) >= 11 is 1.66. The van der Waals surface area contributed by atoms with E-state index in [2.05, 4.69) is 23.6 Å². The molecule has 1 heterocycles. The van der Waals surface area contributed by atoms with Crippen LogP contribution in [0, 0.1) is 0 Å². The molecular weight excluding hydrogens is 182 g/mol. The van der Waals surface area contributed by atoms with Crippen molar-refractivity contribution in [1.29, 1.82) is 0 Å². The number of thiazole rings is 1. The highest BCUT2D eigenvalue weighted by Gasteiger charge is 2.16. The molecule has 0 atom stereocenters. The van der Waals surface area contributed by atoms with Gasteiger partial charge >= 0.3 is 0 Å². The van der Waals surface area contributed by atoms with Gasteiger partial charge in [-0.25, -0.2) is 0 Å². The van der Waals surface area contributed by atoms with Crippen molar-refractivity contribution in [2.75, 3.05) is 0 Å². The lowest BCUT2D eigenvalue weighted by Crippen LogP contribution is -2.34. The van der Waals surface area contributed by atoms with E-state index >= 15 is 0 Å². The molecule has 1 aromatic carbocycles. The summed E-state index contributed by atoms with van der Waals surface area (Å²) in [5, 5.41) is 10.2. The fourth-order valence-electron chi connectivity index (χ4n) is 1.55. The summed E-state index contributed by atoms with van der Waals surface area (Å²) in [7, 11) is 0. The quantitative estimate of drug-likeness (QED) is 0.723. The number of hydrogen-bond acceptors (Lipinski definition) is 2. The highest BCUT2D eigenvalue weighted by atomic mass is 32.1. The van der Waals surface area contributed by atoms with Crippen LogP contribution in [0.1, 0.15) is 11.9 Å². The van der Waals surface area contributed by atoms with Gasteiger partial charge in [-0.2, -0.15) is 4.57 Å². The number of aliphatic hydroxyl groups is 1. The highest BCUT2D eigenvalue weighted by Crippen LogP contribution is 2.19. The maximum absolute atomic E-state index is 9.14. The number of fused-ring (bicyclic) bond motifs is 1. The predicted octanol–water partition coefficient (Wildman–Crippen LogP) is 1.70. The summed E-state index contributed by atoms with van der Waals surface area (Å²) in [4.78, 5) is 0. The fraction of sp³-hybridized carbons (Fsp3) is 0.300. The van der Waals surface area contributed by atoms with E-state index < -0.39 is 0 Å². The molecular formula is C10H12NOS+. The number of aliphatic hydroxyl groups excluding tert-OH is 1. The minimum atomic E-state index is 0.132. The van der Waals surface area contributed by atoms with E-state index in [-0.39, 0.29) is 6.61 Å². The summed E-state index contributed by atoms with van der Waals surface area (Å²) in [5.74, 6) is 0. The second-order valence-corrected chi connectivity index (χ2v) is 3.98. The monoisotopic (exact) mass is 194 g/mol. The van der Waals surface area contributed by atoms with Crippen LogP contribution >= 0.6 is 11.3 Å². The number of para-hydroxylation sites is 1. The minimum absolute atomic E-state index is 0.132. The SMILES string of the molecule is CC[n+]1c(CO)sc2ccccc21. The first kappa shape index (κ1) is 8.66. The average Bonchev–Trinajstić information content (AvgIpc) is 2.55. The Labute approximate surface area is 81.1 Å². The third-order valence-electron chi connectivity index (χ3n) is 2.14. The summed E-state index contributed by atoms with van der Waals surface area (Å²) in [5.41, 5.74) is 1.22. The zero-order valence-electron chi connectivity index (χ0n) is 7.53. The van der Waals surface area contributed by atoms with Crippen LogP contribution in [0.2, 0.25) is 0 Å². The average molecular weight is 194 g/mol. The van der Waals surface area contributed by atoms with Crippen LogP contribution in [0.5, 0.6) is 0 Å². The summed E-state index contributed by atoms with van der Waals surface area (Å²) in [6.07, 6.45) is 0. The van der Waals surface area contributed by atoms with Crippen LogP contribution in [-0.2, 0) is 13.2 Å². The van der Waals surface area contributed by atoms with Gasteiger partial charge in [0.1, 0.15) is 17.9 Å². The molecule has 68 valence electrons. The van der Waals surface area contributed by atoms with Crippen LogP contribution in [0.15, 0.2) is 24.3 Å². The van der Waals surface area contributed by atoms with Crippen molar-refractivity contribution in [3.63, 3.8) is 0 Å². The Balaban J connectivity index is 2.73. The van der Waals surface area contributed by atoms with Gasteiger partial charge in [0.25, 0.3) is 5.01 Å². The summed E-state index contributed by atoms with van der Waals surface area (Å²) in [6, 6.07) is 8.24. The molecule has 0 spiro atoms. The third-order valence-corrected chi connectivity index (χ3v) is 3.29. The van der Waals surface area contributed by atoms with Gasteiger partial charge in [-0.3, -0.25) is 0 Å². The smallest absolute Gasteiger partial charge is 0.264 e. The van der Waals surface area contributed by atoms with Crippen molar-refractivity contribution in [3.8, 4) is 0 Å². The van der Waals surface area contributed by atoms with Crippen LogP contribution in [0.25, 0.3) is 10.2 Å². The fourth-order valence-corrected chi connectivity index (χ4v) is 2.63. The number of hydrogen-bond donors (Lipinski definition) is 1. The van der Waals surface area contributed by atoms with Gasteiger partial charge in [-0.05, 0) is 13.0 Å². The molecule has 1 N–H and O–H groups in total. The first-order chi connectivity index (χ1) is 6.36. The lowest BCUT2D eigenvalue weighted by Gasteiger charge is -1.90. The Bertz CT molecular complexity index is 422. The molecule has 2 rings (SSSR count). The van der Waals surface area contributed by atoms with Crippen LogP contribution in [0.3, 0.4) is 0 Å². The predicted molar refractivity (Wildman–Crippen MR) is 53.6 cm³/mol. The molecule has 0 saturated carbocycles. The lowest BCUT2D eigenvalue weighted by molar-refractivity contribution is -0.672. The number of rotatable bonds is 2. The zero-order valence-corrected chi connectivity index (χ0v) is 8.34. The number of aryl methyl sites for hydroxylation is 1. The molecule has 0 radical (unpaired) electrons. The summed E-state index contributed by atoms with van der Waals surface area (Å²) in [6.45, 7) is 3.14. The van der Waals surface area contributed by atoms with E-state index in [1.807, 2.05) is 12.1 Å². The summed E-state index contributed by atoms with van der Waals surface area (Å²) < 4.78 is 3.40. The van der Waals surface area contributed by atoms with Gasteiger partial charge in [-0.1, -0.05) is 23.5 Å². The van der Waals surface area contributed by atoms with Crippen molar-refractivity contribution in [1.82, 2.24) is 0 Å². The first-order valence-electron chi connectivity index (χ1n) is 4.38. The Kier molecular flexibility index (Phi) is 2.29. The number of aromatic nitrogens is 1. The van der Waals surface area contributed by atoms with Crippen LogP contribution in [0.4, 0.5) is 0 Å². The lowest BCUT2D eigenvalue weighted by atomic mass is 10.3. The van der Waals surface area contributed by atoms with Crippen LogP contribution in [-0.4, -0.2) is 5.11 Å². The van der Waals surface area contributed by atoms with Crippen molar-refractivity contribution >= 4 is 21.6 Å². The first-order valence-corrected chi connectivity index (χ1v) is 5.19. The Morgan fingerprint density at radius 3 is 2.85 bits per heavy atom. The van der Waals surface area contributed by atoms with Crippen molar-refractivity contribution < 1.29 is 9.67 Å². The van der Waals surface area contributed by atoms with E-state index in [4.69, 9.17) is 5.11 Å². The Hall–Kier alpha value is -0.930. The molecule has 0 fully saturated rings. The van der Waals surface area contributed by atoms with E-state index in [1.165, 1.54) is 10.2 Å². The molecule has 0 aliphatic rings. The maximum Gasteiger partial charge on any atom is 0.264 e. The van der Waals surface area contributed by atoms with Crippen molar-refractivity contribution in [3.05, 3.63) is 29.3 Å². The second kappa shape index (κ2) is 3.44. The van der Waals surface area contributed by atoms with E-state index in [0.29, 0.717) is 0 Å². The number of benzene rings is 1. The van der Waals surface area contributed by atoms with E-state index in [9.17, 15) is 0 Å². The van der Waals surface area contributed by atoms with Gasteiger partial charge in [-0.15, -0.1) is 0 Å². The minimum Gasteiger partial charge on any atom is -0.384 e. The van der Waals surface area contributed by atoms with Gasteiger partial charge in [0, 0.05) is 6.07 Å². The van der Waals surface area contributed by atoms with Crippen LogP contribution < -0.4 is 4.57 Å². The topological polar surface area (TPSA) is 24.1 Å². The van der Waals surface area contributed by atoms with Gasteiger partial charge in [0.05, 0.1) is 0 Å². The molecule has 0 amide bonds. The normalized spacial score (nSPS) is 10.9. The Morgan fingerprint density at radius 2 is 2.15 bits per heavy atom. The largest absolute Gasteiger partial charge is 0.384 e. The van der Waals surface area contributed by atoms with E-state index in [0.717, 1.165) is 11.6 Å². The molecule has 0 saturated heterocycles. The molecule has 0 bridgehead atoms. The highest BCUT2D eigenvalue weighted by molar-refractivity contribution is 7.18. The zero-order chi connectivity index (χ0) is 9.26. The maximum atomic E-state index is 9.14. The molecule has 0 aliphatic heterocycles. The van der Waals surface area contributed by atoms with Gasteiger partial charge in [0.2, 0.25) is 5.52 Å². The standard InChI is InChI=1S/C10H12NOS/c1-2-11-8-5-3-4-6-9(8)13-10(11)7-12/h3-6,12H,2,7H2,1H3/q+1. The molecule has 2 aromatic rings. The molecule has 0 unspecified atom stereocenters. The Morgan fingerprint density at radius 1 is 1.38 bits per heavy atom. The van der Waals surface area contributed by atoms with Gasteiger partial charge in [0.15, 0.2) is 0 Å². The van der Waals surface area contributed by atoms with Crippen molar-refractivity contribution in [2.24, 2.45) is 0 Å². The van der Waals surface area contributed by atoms with Crippen molar-refractivity contribution in [2.45, 2.75) is 20.1 Å². The third kappa shape index (κ3) is 1.34. The molecule has 1 aromatic heterocycles. The molecule has 13 heavy (non-hydrogen) atoms. The molecule has 0 aliphatic carbocycles. The number of nitrogens with zero attached hydrogens (tertiary/aromatic N) is 1. The second-order valence-electron chi connectivity index (χ2n) is 2.87.